The molecule has 0 atom stereocenters. The Kier molecular flexibility index (Phi) is 4.40. The van der Waals surface area contributed by atoms with Gasteiger partial charge in [0, 0.05) is 26.8 Å². The van der Waals surface area contributed by atoms with Crippen molar-refractivity contribution in [2.24, 2.45) is 0 Å². The van der Waals surface area contributed by atoms with E-state index in [0.717, 1.165) is 16.4 Å². The standard InChI is InChI=1S/C10H17N3O2S/c1-4-11-7-9-5-6-10(12-8-9)16(14,15)13(2)3/h5-6,8,11H,4,7H2,1-3H3. The first kappa shape index (κ1) is 13.1. The lowest BCUT2D eigenvalue weighted by Gasteiger charge is -2.10. The Bertz CT molecular complexity index is 426. The van der Waals surface area contributed by atoms with Crippen molar-refractivity contribution < 1.29 is 8.42 Å². The highest BCUT2D eigenvalue weighted by atomic mass is 32.2. The molecule has 1 rings (SSSR count). The van der Waals surface area contributed by atoms with Crippen LogP contribution in [0.3, 0.4) is 0 Å². The van der Waals surface area contributed by atoms with Crippen LogP contribution in [0.15, 0.2) is 23.4 Å². The van der Waals surface area contributed by atoms with Crippen molar-refractivity contribution in [3.8, 4) is 0 Å². The summed E-state index contributed by atoms with van der Waals surface area (Å²) in [5.74, 6) is 0. The summed E-state index contributed by atoms with van der Waals surface area (Å²) in [6, 6.07) is 3.30. The Morgan fingerprint density at radius 3 is 2.50 bits per heavy atom. The average molecular weight is 243 g/mol. The molecule has 0 saturated carbocycles. The van der Waals surface area contributed by atoms with Crippen molar-refractivity contribution in [1.29, 1.82) is 0 Å². The van der Waals surface area contributed by atoms with Gasteiger partial charge in [-0.25, -0.2) is 17.7 Å². The van der Waals surface area contributed by atoms with Crippen LogP contribution in [0.2, 0.25) is 0 Å². The van der Waals surface area contributed by atoms with Gasteiger partial charge in [0.2, 0.25) is 0 Å². The molecule has 0 aliphatic carbocycles. The fourth-order valence-corrected chi connectivity index (χ4v) is 1.92. The molecule has 1 aromatic rings. The van der Waals surface area contributed by atoms with Crippen LogP contribution in [0.4, 0.5) is 0 Å². The van der Waals surface area contributed by atoms with E-state index in [1.54, 1.807) is 12.3 Å². The molecule has 0 saturated heterocycles. The molecule has 0 radical (unpaired) electrons. The van der Waals surface area contributed by atoms with Gasteiger partial charge in [-0.05, 0) is 18.2 Å². The van der Waals surface area contributed by atoms with Gasteiger partial charge in [0.05, 0.1) is 0 Å². The van der Waals surface area contributed by atoms with E-state index in [2.05, 4.69) is 10.3 Å². The largest absolute Gasteiger partial charge is 0.313 e. The number of hydrogen-bond donors (Lipinski definition) is 1. The normalized spacial score (nSPS) is 12.0. The second kappa shape index (κ2) is 5.38. The van der Waals surface area contributed by atoms with Gasteiger partial charge in [0.25, 0.3) is 10.0 Å². The number of sulfonamides is 1. The van der Waals surface area contributed by atoms with E-state index in [4.69, 9.17) is 0 Å². The predicted molar refractivity (Wildman–Crippen MR) is 62.5 cm³/mol. The molecule has 0 aromatic carbocycles. The second-order valence-electron chi connectivity index (χ2n) is 3.57. The third kappa shape index (κ3) is 3.01. The molecule has 0 aliphatic rings. The van der Waals surface area contributed by atoms with Crippen molar-refractivity contribution in [1.82, 2.24) is 14.6 Å². The highest BCUT2D eigenvalue weighted by molar-refractivity contribution is 7.89. The van der Waals surface area contributed by atoms with Crippen LogP contribution in [0, 0.1) is 0 Å². The topological polar surface area (TPSA) is 62.3 Å². The average Bonchev–Trinajstić information content (AvgIpc) is 2.26. The van der Waals surface area contributed by atoms with Crippen LogP contribution in [0.25, 0.3) is 0 Å². The van der Waals surface area contributed by atoms with E-state index < -0.39 is 10.0 Å². The van der Waals surface area contributed by atoms with Crippen LogP contribution in [-0.2, 0) is 16.6 Å². The lowest BCUT2D eigenvalue weighted by molar-refractivity contribution is 0.516. The first-order chi connectivity index (χ1) is 7.48. The quantitative estimate of drug-likeness (QED) is 0.815. The fraction of sp³-hybridized carbons (Fsp3) is 0.500. The van der Waals surface area contributed by atoms with E-state index in [1.165, 1.54) is 20.2 Å². The van der Waals surface area contributed by atoms with Gasteiger partial charge in [0.15, 0.2) is 5.03 Å². The van der Waals surface area contributed by atoms with Crippen molar-refractivity contribution >= 4 is 10.0 Å². The van der Waals surface area contributed by atoms with Crippen molar-refractivity contribution in [3.05, 3.63) is 23.9 Å². The maximum Gasteiger partial charge on any atom is 0.260 e. The van der Waals surface area contributed by atoms with Crippen LogP contribution in [0.1, 0.15) is 12.5 Å². The lowest BCUT2D eigenvalue weighted by Crippen LogP contribution is -2.23. The molecule has 5 nitrogen and oxygen atoms in total. The summed E-state index contributed by atoms with van der Waals surface area (Å²) in [5.41, 5.74) is 0.972. The SMILES string of the molecule is CCNCc1ccc(S(=O)(=O)N(C)C)nc1. The number of rotatable bonds is 5. The number of nitrogens with one attached hydrogen (secondary N) is 1. The van der Waals surface area contributed by atoms with Gasteiger partial charge in [-0.3, -0.25) is 0 Å². The van der Waals surface area contributed by atoms with Crippen LogP contribution >= 0.6 is 0 Å². The zero-order valence-corrected chi connectivity index (χ0v) is 10.6. The van der Waals surface area contributed by atoms with E-state index >= 15 is 0 Å². The van der Waals surface area contributed by atoms with Gasteiger partial charge < -0.3 is 5.32 Å². The van der Waals surface area contributed by atoms with E-state index in [1.807, 2.05) is 6.92 Å². The van der Waals surface area contributed by atoms with Crippen LogP contribution < -0.4 is 5.32 Å². The Labute approximate surface area is 96.5 Å². The number of aromatic nitrogens is 1. The third-order valence-corrected chi connectivity index (χ3v) is 3.85. The minimum atomic E-state index is -3.41. The van der Waals surface area contributed by atoms with E-state index in [9.17, 15) is 8.42 Å². The molecule has 1 aromatic heterocycles. The molecule has 1 heterocycles. The summed E-state index contributed by atoms with van der Waals surface area (Å²) in [7, 11) is -0.433. The monoisotopic (exact) mass is 243 g/mol. The zero-order valence-electron chi connectivity index (χ0n) is 9.77. The molecule has 90 valence electrons. The highest BCUT2D eigenvalue weighted by Crippen LogP contribution is 2.10. The lowest BCUT2D eigenvalue weighted by atomic mass is 10.3. The Balaban J connectivity index is 2.87. The van der Waals surface area contributed by atoms with Gasteiger partial charge in [-0.15, -0.1) is 0 Å². The van der Waals surface area contributed by atoms with Gasteiger partial charge in [-0.1, -0.05) is 13.0 Å². The van der Waals surface area contributed by atoms with Gasteiger partial charge in [0.1, 0.15) is 0 Å². The minimum Gasteiger partial charge on any atom is -0.313 e. The molecular weight excluding hydrogens is 226 g/mol. The Morgan fingerprint density at radius 2 is 2.06 bits per heavy atom. The predicted octanol–water partition coefficient (Wildman–Crippen LogP) is 0.441. The second-order valence-corrected chi connectivity index (χ2v) is 5.67. The highest BCUT2D eigenvalue weighted by Gasteiger charge is 2.18. The molecule has 0 unspecified atom stereocenters. The first-order valence-electron chi connectivity index (χ1n) is 5.06. The number of hydrogen-bond acceptors (Lipinski definition) is 4. The molecule has 0 amide bonds. The Hall–Kier alpha value is -0.980. The maximum absolute atomic E-state index is 11.7. The summed E-state index contributed by atoms with van der Waals surface area (Å²) >= 11 is 0. The first-order valence-corrected chi connectivity index (χ1v) is 6.50. The summed E-state index contributed by atoms with van der Waals surface area (Å²) in [6.45, 7) is 3.59. The molecular formula is C10H17N3O2S. The molecule has 0 spiro atoms. The summed E-state index contributed by atoms with van der Waals surface area (Å²) in [4.78, 5) is 3.95. The van der Waals surface area contributed by atoms with Crippen molar-refractivity contribution in [3.63, 3.8) is 0 Å². The van der Waals surface area contributed by atoms with Gasteiger partial charge >= 0.3 is 0 Å². The summed E-state index contributed by atoms with van der Waals surface area (Å²) < 4.78 is 24.6. The van der Waals surface area contributed by atoms with E-state index in [0.29, 0.717) is 6.54 Å². The van der Waals surface area contributed by atoms with Crippen LogP contribution in [-0.4, -0.2) is 38.3 Å². The molecule has 0 aliphatic heterocycles. The molecule has 0 fully saturated rings. The molecule has 16 heavy (non-hydrogen) atoms. The smallest absolute Gasteiger partial charge is 0.260 e. The fourth-order valence-electron chi connectivity index (χ4n) is 1.12. The molecule has 6 heteroatoms. The summed E-state index contributed by atoms with van der Waals surface area (Å²) in [6.07, 6.45) is 1.58. The molecule has 0 bridgehead atoms. The minimum absolute atomic E-state index is 0.0812. The van der Waals surface area contributed by atoms with Crippen molar-refractivity contribution in [2.45, 2.75) is 18.5 Å². The summed E-state index contributed by atoms with van der Waals surface area (Å²) in [5, 5.41) is 3.23. The maximum atomic E-state index is 11.7. The molecule has 1 N–H and O–H groups in total. The van der Waals surface area contributed by atoms with Gasteiger partial charge in [-0.2, -0.15) is 0 Å². The Morgan fingerprint density at radius 1 is 1.38 bits per heavy atom. The number of nitrogens with zero attached hydrogens (tertiary/aromatic N) is 2. The van der Waals surface area contributed by atoms with E-state index in [-0.39, 0.29) is 5.03 Å². The zero-order chi connectivity index (χ0) is 12.2. The van der Waals surface area contributed by atoms with Crippen LogP contribution in [0.5, 0.6) is 0 Å². The third-order valence-electron chi connectivity index (χ3n) is 2.12. The number of pyridine rings is 1. The van der Waals surface area contributed by atoms with Crippen molar-refractivity contribution in [2.75, 3.05) is 20.6 Å².